The minimum Gasteiger partial charge on any atom is -0.493 e. The zero-order valence-electron chi connectivity index (χ0n) is 25.1. The highest BCUT2D eigenvalue weighted by Gasteiger charge is 2.36. The van der Waals surface area contributed by atoms with Gasteiger partial charge in [0.1, 0.15) is 24.2 Å². The van der Waals surface area contributed by atoms with Crippen LogP contribution in [0.25, 0.3) is 17.4 Å². The molecule has 0 bridgehead atoms. The predicted octanol–water partition coefficient (Wildman–Crippen LogP) is 4.39. The molecule has 0 fully saturated rings. The lowest BCUT2D eigenvalue weighted by Crippen LogP contribution is -2.40. The van der Waals surface area contributed by atoms with Crippen molar-refractivity contribution in [3.05, 3.63) is 107 Å². The number of furan rings is 1. The van der Waals surface area contributed by atoms with Gasteiger partial charge in [-0.2, -0.15) is 0 Å². The van der Waals surface area contributed by atoms with E-state index in [1.54, 1.807) is 55.5 Å². The Hall–Kier alpha value is -5.01. The molecule has 12 nitrogen and oxygen atoms in total. The van der Waals surface area contributed by atoms with Crippen molar-refractivity contribution in [2.45, 2.75) is 26.3 Å². The number of carbonyl (C=O) groups is 1. The van der Waals surface area contributed by atoms with Crippen molar-refractivity contribution in [1.29, 1.82) is 0 Å². The van der Waals surface area contributed by atoms with E-state index in [9.17, 15) is 19.7 Å². The van der Waals surface area contributed by atoms with Crippen molar-refractivity contribution in [3.63, 3.8) is 0 Å². The molecule has 0 radical (unpaired) electrons. The number of methoxy groups -OCH3 is 2. The monoisotopic (exact) mass is 633 g/mol. The number of hydrogen-bond acceptors (Lipinski definition) is 11. The van der Waals surface area contributed by atoms with Gasteiger partial charge in [0.25, 0.3) is 11.2 Å². The lowest BCUT2D eigenvalue weighted by Gasteiger charge is -2.27. The molecule has 0 spiro atoms. The van der Waals surface area contributed by atoms with Gasteiger partial charge in [0.05, 0.1) is 41.0 Å². The summed E-state index contributed by atoms with van der Waals surface area (Å²) in [6, 6.07) is 13.8. The standard InChI is InChI=1S/C32H31N3O9S/c1-5-15-42-29-23(7-6-8-25(29)41-4)28-27(31(37)43-17-16-40-3)19(2)33-32-34(28)30(36)26(45-32)18-22-13-14-24(44-22)20-9-11-21(12-10-20)35(38)39/h6-14,18,28H,5,15-17H2,1-4H3/b26-18+/t28-/m0/s1. The van der Waals surface area contributed by atoms with E-state index in [4.69, 9.17) is 23.4 Å². The van der Waals surface area contributed by atoms with Crippen molar-refractivity contribution >= 4 is 29.1 Å². The van der Waals surface area contributed by atoms with Crippen LogP contribution in [0.5, 0.6) is 11.5 Å². The minimum atomic E-state index is -0.923. The van der Waals surface area contributed by atoms with Crippen LogP contribution in [0.2, 0.25) is 0 Å². The van der Waals surface area contributed by atoms with Crippen LogP contribution in [-0.2, 0) is 14.3 Å². The number of carbonyl (C=O) groups excluding carboxylic acids is 1. The number of fused-ring (bicyclic) bond motifs is 1. The molecule has 0 amide bonds. The molecule has 2 aromatic carbocycles. The summed E-state index contributed by atoms with van der Waals surface area (Å²) in [5.74, 6) is 1.12. The normalized spacial score (nSPS) is 14.6. The van der Waals surface area contributed by atoms with E-state index in [1.165, 1.54) is 30.9 Å². The fourth-order valence-corrected chi connectivity index (χ4v) is 5.93. The van der Waals surface area contributed by atoms with Crippen molar-refractivity contribution in [1.82, 2.24) is 4.57 Å². The zero-order chi connectivity index (χ0) is 32.1. The van der Waals surface area contributed by atoms with E-state index in [-0.39, 0.29) is 24.5 Å². The summed E-state index contributed by atoms with van der Waals surface area (Å²) in [7, 11) is 3.03. The Kier molecular flexibility index (Phi) is 9.59. The van der Waals surface area contributed by atoms with Crippen molar-refractivity contribution in [2.75, 3.05) is 34.0 Å². The molecule has 4 aromatic rings. The number of hydrogen-bond donors (Lipinski definition) is 0. The topological polar surface area (TPSA) is 145 Å². The number of allylic oxidation sites excluding steroid dienone is 1. The average molecular weight is 634 g/mol. The molecule has 13 heteroatoms. The number of nitro benzene ring substituents is 1. The molecule has 2 aromatic heterocycles. The SMILES string of the molecule is CCCOc1c(OC)cccc1[C@H]1C(C(=O)OCCOC)=C(C)N=c2s/c(=C/c3ccc(-c4ccc([N+](=O)[O-])cc4)o3)c(=O)n21. The molecular formula is C32H31N3O9S. The second-order valence-electron chi connectivity index (χ2n) is 9.94. The van der Waals surface area contributed by atoms with Gasteiger partial charge in [0, 0.05) is 36.4 Å². The van der Waals surface area contributed by atoms with E-state index < -0.39 is 22.5 Å². The van der Waals surface area contributed by atoms with Crippen LogP contribution in [-0.4, -0.2) is 49.5 Å². The zero-order valence-corrected chi connectivity index (χ0v) is 25.9. The Morgan fingerprint density at radius 3 is 2.58 bits per heavy atom. The molecule has 5 rings (SSSR count). The maximum atomic E-state index is 14.1. The van der Waals surface area contributed by atoms with Crippen LogP contribution in [0.15, 0.2) is 80.1 Å². The van der Waals surface area contributed by atoms with Gasteiger partial charge in [-0.15, -0.1) is 0 Å². The first-order chi connectivity index (χ1) is 21.8. The van der Waals surface area contributed by atoms with Crippen LogP contribution >= 0.6 is 11.3 Å². The number of ether oxygens (including phenoxy) is 4. The predicted molar refractivity (Wildman–Crippen MR) is 166 cm³/mol. The van der Waals surface area contributed by atoms with Crippen molar-refractivity contribution in [2.24, 2.45) is 4.99 Å². The maximum Gasteiger partial charge on any atom is 0.338 e. The number of nitro groups is 1. The first kappa shape index (κ1) is 31.4. The molecule has 1 atom stereocenters. The summed E-state index contributed by atoms with van der Waals surface area (Å²) in [5.41, 5.74) is 1.36. The third-order valence-electron chi connectivity index (χ3n) is 7.00. The average Bonchev–Trinajstić information content (AvgIpc) is 3.63. The number of non-ortho nitro benzene ring substituents is 1. The molecule has 0 N–H and O–H groups in total. The Labute approximate surface area is 261 Å². The molecule has 0 unspecified atom stereocenters. The van der Waals surface area contributed by atoms with E-state index in [0.29, 0.717) is 55.8 Å². The molecule has 234 valence electrons. The molecule has 0 saturated heterocycles. The van der Waals surface area contributed by atoms with E-state index in [0.717, 1.165) is 17.8 Å². The van der Waals surface area contributed by atoms with Crippen molar-refractivity contribution in [3.8, 4) is 22.8 Å². The van der Waals surface area contributed by atoms with E-state index >= 15 is 0 Å². The summed E-state index contributed by atoms with van der Waals surface area (Å²) < 4.78 is 30.0. The Morgan fingerprint density at radius 2 is 1.89 bits per heavy atom. The van der Waals surface area contributed by atoms with Gasteiger partial charge >= 0.3 is 5.97 Å². The van der Waals surface area contributed by atoms with Crippen LogP contribution in [0.3, 0.4) is 0 Å². The summed E-state index contributed by atoms with van der Waals surface area (Å²) >= 11 is 1.15. The van der Waals surface area contributed by atoms with Gasteiger partial charge in [0.2, 0.25) is 0 Å². The van der Waals surface area contributed by atoms with Gasteiger partial charge < -0.3 is 23.4 Å². The first-order valence-electron chi connectivity index (χ1n) is 14.1. The van der Waals surface area contributed by atoms with Gasteiger partial charge in [-0.3, -0.25) is 19.5 Å². The number of rotatable bonds is 12. The molecule has 1 aliphatic heterocycles. The molecular weight excluding hydrogens is 602 g/mol. The second kappa shape index (κ2) is 13.7. The van der Waals surface area contributed by atoms with Crippen LogP contribution < -0.4 is 24.4 Å². The fourth-order valence-electron chi connectivity index (χ4n) is 4.90. The quantitative estimate of drug-likeness (QED) is 0.0960. The molecule has 0 aliphatic carbocycles. The van der Waals surface area contributed by atoms with Gasteiger partial charge in [-0.1, -0.05) is 30.4 Å². The summed E-state index contributed by atoms with van der Waals surface area (Å²) in [4.78, 5) is 43.2. The Morgan fingerprint density at radius 1 is 1.11 bits per heavy atom. The number of benzene rings is 2. The Balaban J connectivity index is 1.63. The number of thiazole rings is 1. The largest absolute Gasteiger partial charge is 0.493 e. The summed E-state index contributed by atoms with van der Waals surface area (Å²) in [6.07, 6.45) is 2.33. The number of nitrogens with zero attached hydrogens (tertiary/aromatic N) is 3. The number of para-hydroxylation sites is 1. The third-order valence-corrected chi connectivity index (χ3v) is 7.98. The van der Waals surface area contributed by atoms with Gasteiger partial charge in [0.15, 0.2) is 16.3 Å². The third kappa shape index (κ3) is 6.44. The van der Waals surface area contributed by atoms with Gasteiger partial charge in [-0.25, -0.2) is 9.79 Å². The molecule has 45 heavy (non-hydrogen) atoms. The lowest BCUT2D eigenvalue weighted by atomic mass is 9.94. The molecule has 0 saturated carbocycles. The van der Waals surface area contributed by atoms with Crippen LogP contribution in [0.4, 0.5) is 5.69 Å². The summed E-state index contributed by atoms with van der Waals surface area (Å²) in [6.45, 7) is 4.30. The minimum absolute atomic E-state index is 0.0240. The molecule has 3 heterocycles. The highest BCUT2D eigenvalue weighted by atomic mass is 32.1. The maximum absolute atomic E-state index is 14.1. The van der Waals surface area contributed by atoms with Crippen LogP contribution in [0, 0.1) is 10.1 Å². The number of aromatic nitrogens is 1. The lowest BCUT2D eigenvalue weighted by molar-refractivity contribution is -0.384. The fraction of sp³-hybridized carbons (Fsp3) is 0.281. The number of esters is 1. The highest BCUT2D eigenvalue weighted by molar-refractivity contribution is 7.07. The smallest absolute Gasteiger partial charge is 0.338 e. The Bertz CT molecular complexity index is 1940. The first-order valence-corrected chi connectivity index (χ1v) is 14.9. The van der Waals surface area contributed by atoms with Gasteiger partial charge in [-0.05, 0) is 43.7 Å². The van der Waals surface area contributed by atoms with E-state index in [1.807, 2.05) is 6.92 Å². The second-order valence-corrected chi connectivity index (χ2v) is 11.0. The van der Waals surface area contributed by atoms with Crippen LogP contribution in [0.1, 0.15) is 37.6 Å². The summed E-state index contributed by atoms with van der Waals surface area (Å²) in [5, 5.41) is 11.0. The van der Waals surface area contributed by atoms with E-state index in [2.05, 4.69) is 4.99 Å². The van der Waals surface area contributed by atoms with Crippen molar-refractivity contribution < 1.29 is 33.1 Å². The molecule has 1 aliphatic rings. The highest BCUT2D eigenvalue weighted by Crippen LogP contribution is 2.41.